The molecule has 0 saturated carbocycles. The largest absolute Gasteiger partial charge is 0.358 e. The molecule has 0 aliphatic rings. The maximum Gasteiger partial charge on any atom is -0.358 e. The monoisotopic (exact) mass is 390 g/mol. The summed E-state index contributed by atoms with van der Waals surface area (Å²) in [5, 5.41) is 0. The van der Waals surface area contributed by atoms with Gasteiger partial charge in [-0.3, -0.25) is 0 Å². The van der Waals surface area contributed by atoms with Gasteiger partial charge in [0, 0.05) is 0 Å². The first-order valence-electron chi connectivity index (χ1n) is 4.53. The normalized spacial score (nSPS) is 14.1. The Morgan fingerprint density at radius 3 is 1.79 bits per heavy atom. The molecule has 0 atom stereocenters. The summed E-state index contributed by atoms with van der Waals surface area (Å²) in [4.78, 5) is 0. The Morgan fingerprint density at radius 1 is 1.07 bits per heavy atom. The van der Waals surface area contributed by atoms with Crippen LogP contribution in [0.2, 0.25) is 0 Å². The Kier molecular flexibility index (Phi) is 7.55. The number of hydrogen-bond acceptors (Lipinski definition) is 2. The topological polar surface area (TPSA) is 24.7 Å². The van der Waals surface area contributed by atoms with Crippen LogP contribution >= 0.6 is 9.42 Å². The molecule has 0 heterocycles. The van der Waals surface area contributed by atoms with Gasteiger partial charge >= 0.3 is 91.4 Å². The first-order valence-corrected chi connectivity index (χ1v) is 10.8. The van der Waals surface area contributed by atoms with E-state index < -0.39 is 15.9 Å². The fourth-order valence-corrected chi connectivity index (χ4v) is 7.44. The van der Waals surface area contributed by atoms with Crippen molar-refractivity contribution in [2.24, 2.45) is 6.99 Å². The van der Waals surface area contributed by atoms with Crippen molar-refractivity contribution in [1.82, 2.24) is 0 Å². The zero-order chi connectivity index (χ0) is 10.7. The van der Waals surface area contributed by atoms with Gasteiger partial charge in [0.25, 0.3) is 0 Å². The predicted octanol–water partition coefficient (Wildman–Crippen LogP) is 4.56. The quantitative estimate of drug-likeness (QED) is 0.618. The molecule has 0 aromatic heterocycles. The van der Waals surface area contributed by atoms with Crippen molar-refractivity contribution in [1.29, 1.82) is 0 Å². The molecule has 0 N–H and O–H groups in total. The van der Waals surface area contributed by atoms with Crippen LogP contribution in [-0.2, 0) is 15.9 Å². The summed E-state index contributed by atoms with van der Waals surface area (Å²) in [5.74, 6) is 0. The molecule has 0 aromatic rings. The molecule has 0 aromatic carbocycles. The van der Waals surface area contributed by atoms with E-state index in [1.165, 1.54) is 0 Å². The number of halogens is 1. The first-order chi connectivity index (χ1) is 5.66. The van der Waals surface area contributed by atoms with E-state index in [0.717, 1.165) is 6.42 Å². The van der Waals surface area contributed by atoms with Crippen LogP contribution < -0.4 is 0 Å². The molecule has 0 rings (SSSR count). The minimum absolute atomic E-state index is 0. The van der Waals surface area contributed by atoms with Crippen LogP contribution in [0.3, 0.4) is 0 Å². The first kappa shape index (κ1) is 17.0. The fraction of sp³-hybridized carbons (Fsp3) is 0.900. The van der Waals surface area contributed by atoms with E-state index >= 15 is 0 Å². The minimum Gasteiger partial charge on any atom is -0.358 e. The molecular formula is C10H23ClN2W-. The van der Waals surface area contributed by atoms with Gasteiger partial charge in [-0.15, -0.1) is 0 Å². The zero-order valence-corrected chi connectivity index (χ0v) is 14.1. The van der Waals surface area contributed by atoms with E-state index in [1.807, 2.05) is 0 Å². The Balaban J connectivity index is 0. The second kappa shape index (κ2) is 6.22. The van der Waals surface area contributed by atoms with Gasteiger partial charge in [0.1, 0.15) is 0 Å². The summed E-state index contributed by atoms with van der Waals surface area (Å²) in [6.45, 7) is 12.6. The van der Waals surface area contributed by atoms with E-state index in [4.69, 9.17) is 9.42 Å². The summed E-state index contributed by atoms with van der Waals surface area (Å²) >= 11 is -2.28. The van der Waals surface area contributed by atoms with Gasteiger partial charge < -0.3 is 7.43 Å². The average molecular weight is 391 g/mol. The molecule has 0 spiro atoms. The van der Waals surface area contributed by atoms with Crippen LogP contribution in [0.15, 0.2) is 6.99 Å². The predicted molar refractivity (Wildman–Crippen MR) is 61.2 cm³/mol. The molecule has 0 radical (unpaired) electrons. The SMILES string of the molecule is CCC(C)(C)[N]=[W]([Cl])=[N]C(C)(C)C.[CH3-]. The molecule has 0 bridgehead atoms. The van der Waals surface area contributed by atoms with Gasteiger partial charge in [-0.05, 0) is 0 Å². The third kappa shape index (κ3) is 9.15. The number of nitrogens with zero attached hydrogens (tertiary/aromatic N) is 2. The second-order valence-electron chi connectivity index (χ2n) is 4.74. The molecule has 0 saturated heterocycles. The third-order valence-corrected chi connectivity index (χ3v) is 7.49. The Bertz CT molecular complexity index is 245. The fourth-order valence-electron chi connectivity index (χ4n) is 0.515. The van der Waals surface area contributed by atoms with Crippen molar-refractivity contribution in [3.63, 3.8) is 0 Å². The average Bonchev–Trinajstić information content (AvgIpc) is 1.81. The van der Waals surface area contributed by atoms with Crippen molar-refractivity contribution in [3.05, 3.63) is 7.43 Å². The molecule has 14 heavy (non-hydrogen) atoms. The Hall–Kier alpha value is 0.578. The van der Waals surface area contributed by atoms with Crippen LogP contribution in [-0.4, -0.2) is 11.1 Å². The molecule has 0 fully saturated rings. The summed E-state index contributed by atoms with van der Waals surface area (Å²) in [6, 6.07) is 0. The van der Waals surface area contributed by atoms with Gasteiger partial charge in [0.15, 0.2) is 0 Å². The Labute approximate surface area is 98.6 Å². The van der Waals surface area contributed by atoms with E-state index in [1.54, 1.807) is 0 Å². The smallest absolute Gasteiger partial charge is 0.358 e. The van der Waals surface area contributed by atoms with Crippen molar-refractivity contribution in [3.8, 4) is 0 Å². The van der Waals surface area contributed by atoms with Crippen LogP contribution in [0.1, 0.15) is 48.0 Å². The molecule has 0 aliphatic heterocycles. The maximum atomic E-state index is 6.19. The van der Waals surface area contributed by atoms with Gasteiger partial charge in [0.05, 0.1) is 0 Å². The van der Waals surface area contributed by atoms with Gasteiger partial charge in [0.2, 0.25) is 0 Å². The maximum absolute atomic E-state index is 6.19. The van der Waals surface area contributed by atoms with Crippen molar-refractivity contribution < 1.29 is 15.9 Å². The van der Waals surface area contributed by atoms with Gasteiger partial charge in [-0.2, -0.15) is 0 Å². The zero-order valence-electron chi connectivity index (χ0n) is 10.4. The van der Waals surface area contributed by atoms with E-state index in [-0.39, 0.29) is 18.5 Å². The molecule has 0 aliphatic carbocycles. The standard InChI is InChI=1S/C5H11N.C4H9N.CH3.ClH.W/c1-4-5(2,3)6;1-4(2,3)5;;;/h4H2,1-3H3;1-3H3;1H3;1H;/q;;-1;;+1/p-1. The Morgan fingerprint density at radius 2 is 1.50 bits per heavy atom. The summed E-state index contributed by atoms with van der Waals surface area (Å²) in [5.41, 5.74) is -0.00682. The molecular weight excluding hydrogens is 367 g/mol. The molecule has 2 nitrogen and oxygen atoms in total. The minimum atomic E-state index is -2.28. The number of hydrogen-bond donors (Lipinski definition) is 0. The van der Waals surface area contributed by atoms with Crippen molar-refractivity contribution in [2.75, 3.05) is 0 Å². The van der Waals surface area contributed by atoms with Crippen LogP contribution in [0, 0.1) is 7.43 Å². The van der Waals surface area contributed by atoms with E-state index in [9.17, 15) is 0 Å². The number of rotatable bonds is 2. The van der Waals surface area contributed by atoms with Crippen LogP contribution in [0.5, 0.6) is 0 Å². The molecule has 87 valence electrons. The summed E-state index contributed by atoms with van der Waals surface area (Å²) < 4.78 is 9.14. The molecule has 0 amide bonds. The van der Waals surface area contributed by atoms with Crippen LogP contribution in [0.4, 0.5) is 0 Å². The second-order valence-corrected chi connectivity index (χ2v) is 9.89. The molecule has 4 heteroatoms. The summed E-state index contributed by atoms with van der Waals surface area (Å²) in [7, 11) is 6.19. The molecule has 0 unspecified atom stereocenters. The van der Waals surface area contributed by atoms with E-state index in [0.29, 0.717) is 0 Å². The summed E-state index contributed by atoms with van der Waals surface area (Å²) in [6.07, 6.45) is 1.03. The van der Waals surface area contributed by atoms with Gasteiger partial charge in [-0.1, -0.05) is 0 Å². The third-order valence-electron chi connectivity index (χ3n) is 1.54. The van der Waals surface area contributed by atoms with E-state index in [2.05, 4.69) is 48.5 Å². The van der Waals surface area contributed by atoms with Gasteiger partial charge in [-0.25, -0.2) is 0 Å². The van der Waals surface area contributed by atoms with Crippen LogP contribution in [0.25, 0.3) is 0 Å². The van der Waals surface area contributed by atoms with Crippen molar-refractivity contribution in [2.45, 2.75) is 59.0 Å². The van der Waals surface area contributed by atoms with Crippen molar-refractivity contribution >= 4 is 9.42 Å².